The number of hydrogen-bond donors (Lipinski definition) is 1. The van der Waals surface area contributed by atoms with Crippen LogP contribution < -0.4 is 15.0 Å². The molecule has 0 unspecified atom stereocenters. The van der Waals surface area contributed by atoms with Crippen LogP contribution in [-0.4, -0.2) is 32.3 Å². The molecule has 0 bridgehead atoms. The summed E-state index contributed by atoms with van der Waals surface area (Å²) in [6.45, 7) is 0.831. The Morgan fingerprint density at radius 3 is 2.62 bits per heavy atom. The highest BCUT2D eigenvalue weighted by atomic mass is 16.6. The maximum Gasteiger partial charge on any atom is 0.414 e. The van der Waals surface area contributed by atoms with Crippen molar-refractivity contribution < 1.29 is 19.1 Å². The fourth-order valence-electron chi connectivity index (χ4n) is 2.55. The van der Waals surface area contributed by atoms with Crippen molar-refractivity contribution in [2.24, 2.45) is 0 Å². The number of carbonyl (C=O) groups is 2. The number of methoxy groups -OCH3 is 1. The van der Waals surface area contributed by atoms with Gasteiger partial charge in [0.15, 0.2) is 0 Å². The number of benzene rings is 2. The van der Waals surface area contributed by atoms with E-state index in [2.05, 4.69) is 5.32 Å². The van der Waals surface area contributed by atoms with Crippen LogP contribution in [0.2, 0.25) is 0 Å². The average Bonchev–Trinajstić information content (AvgIpc) is 3.02. The molecule has 1 aliphatic rings. The number of para-hydroxylation sites is 2. The monoisotopic (exact) mass is 326 g/mol. The van der Waals surface area contributed by atoms with Crippen LogP contribution in [0.1, 0.15) is 5.56 Å². The lowest BCUT2D eigenvalue weighted by atomic mass is 10.1. The molecule has 0 aromatic heterocycles. The highest BCUT2D eigenvalue weighted by molar-refractivity contribution is 6.00. The van der Waals surface area contributed by atoms with E-state index in [9.17, 15) is 9.59 Å². The van der Waals surface area contributed by atoms with Crippen molar-refractivity contribution in [2.75, 3.05) is 30.5 Å². The van der Waals surface area contributed by atoms with Crippen LogP contribution in [0.5, 0.6) is 5.75 Å². The van der Waals surface area contributed by atoms with Crippen molar-refractivity contribution in [1.82, 2.24) is 0 Å². The minimum absolute atomic E-state index is 0.153. The predicted molar refractivity (Wildman–Crippen MR) is 90.5 cm³/mol. The van der Waals surface area contributed by atoms with E-state index in [4.69, 9.17) is 9.47 Å². The van der Waals surface area contributed by atoms with Gasteiger partial charge in [-0.1, -0.05) is 24.3 Å². The molecule has 0 radical (unpaired) electrons. The molecule has 1 fully saturated rings. The van der Waals surface area contributed by atoms with Gasteiger partial charge in [-0.25, -0.2) is 4.79 Å². The molecular weight excluding hydrogens is 308 g/mol. The summed E-state index contributed by atoms with van der Waals surface area (Å²) in [6, 6.07) is 14.5. The molecule has 1 heterocycles. The van der Waals surface area contributed by atoms with Gasteiger partial charge in [0.2, 0.25) is 5.91 Å². The Morgan fingerprint density at radius 1 is 1.21 bits per heavy atom. The summed E-state index contributed by atoms with van der Waals surface area (Å²) in [5.41, 5.74) is 2.12. The van der Waals surface area contributed by atoms with E-state index in [1.807, 2.05) is 36.4 Å². The Balaban J connectivity index is 1.71. The second-order valence-corrected chi connectivity index (χ2v) is 5.36. The average molecular weight is 326 g/mol. The molecule has 1 N–H and O–H groups in total. The number of ether oxygens (including phenoxy) is 2. The molecule has 0 aliphatic carbocycles. The number of carbonyl (C=O) groups excluding carboxylic acids is 2. The van der Waals surface area contributed by atoms with Gasteiger partial charge in [0.1, 0.15) is 12.4 Å². The van der Waals surface area contributed by atoms with E-state index in [0.29, 0.717) is 24.5 Å². The third kappa shape index (κ3) is 3.48. The molecule has 2 amide bonds. The van der Waals surface area contributed by atoms with Gasteiger partial charge in [-0.15, -0.1) is 0 Å². The van der Waals surface area contributed by atoms with E-state index in [1.165, 1.54) is 4.90 Å². The summed E-state index contributed by atoms with van der Waals surface area (Å²) in [5, 5.41) is 2.87. The number of nitrogens with one attached hydrogen (secondary N) is 1. The first-order chi connectivity index (χ1) is 11.7. The van der Waals surface area contributed by atoms with Gasteiger partial charge in [0.05, 0.1) is 31.5 Å². The van der Waals surface area contributed by atoms with Gasteiger partial charge >= 0.3 is 6.09 Å². The van der Waals surface area contributed by atoms with E-state index in [1.54, 1.807) is 19.2 Å². The zero-order valence-corrected chi connectivity index (χ0v) is 13.3. The standard InChI is InChI=1S/C18H18N2O4/c1-23-14-8-6-13(7-9-14)12-17(21)19-15-4-2-3-5-16(15)20-10-11-24-18(20)22/h2-9H,10-12H2,1H3,(H,19,21). The van der Waals surface area contributed by atoms with E-state index in [-0.39, 0.29) is 12.3 Å². The Kier molecular flexibility index (Phi) is 4.65. The summed E-state index contributed by atoms with van der Waals surface area (Å²) in [6.07, 6.45) is -0.158. The van der Waals surface area contributed by atoms with E-state index in [0.717, 1.165) is 11.3 Å². The second-order valence-electron chi connectivity index (χ2n) is 5.36. The van der Waals surface area contributed by atoms with Crippen LogP contribution in [0, 0.1) is 0 Å². The molecule has 0 saturated carbocycles. The zero-order valence-electron chi connectivity index (χ0n) is 13.3. The van der Waals surface area contributed by atoms with Crippen molar-refractivity contribution in [3.8, 4) is 5.75 Å². The number of nitrogens with zero attached hydrogens (tertiary/aromatic N) is 1. The number of cyclic esters (lactones) is 1. The van der Waals surface area contributed by atoms with Crippen LogP contribution in [0.3, 0.4) is 0 Å². The maximum atomic E-state index is 12.3. The molecule has 0 spiro atoms. The maximum absolute atomic E-state index is 12.3. The SMILES string of the molecule is COc1ccc(CC(=O)Nc2ccccc2N2CCOC2=O)cc1. The second kappa shape index (κ2) is 7.04. The first kappa shape index (κ1) is 15.9. The summed E-state index contributed by atoms with van der Waals surface area (Å²) in [5.74, 6) is 0.595. The Morgan fingerprint density at radius 2 is 1.96 bits per heavy atom. The molecule has 0 atom stereocenters. The van der Waals surface area contributed by atoms with Gasteiger partial charge < -0.3 is 14.8 Å². The molecule has 6 nitrogen and oxygen atoms in total. The third-order valence-electron chi connectivity index (χ3n) is 3.75. The van der Waals surface area contributed by atoms with Gasteiger partial charge in [-0.05, 0) is 29.8 Å². The fourth-order valence-corrected chi connectivity index (χ4v) is 2.55. The molecular formula is C18H18N2O4. The summed E-state index contributed by atoms with van der Waals surface area (Å²) >= 11 is 0. The highest BCUT2D eigenvalue weighted by Gasteiger charge is 2.25. The lowest BCUT2D eigenvalue weighted by molar-refractivity contribution is -0.115. The zero-order chi connectivity index (χ0) is 16.9. The smallest absolute Gasteiger partial charge is 0.414 e. The van der Waals surface area contributed by atoms with Gasteiger partial charge in [0, 0.05) is 0 Å². The third-order valence-corrected chi connectivity index (χ3v) is 3.75. The minimum Gasteiger partial charge on any atom is -0.497 e. The van der Waals surface area contributed by atoms with Crippen LogP contribution >= 0.6 is 0 Å². The molecule has 6 heteroatoms. The Hall–Kier alpha value is -3.02. The molecule has 24 heavy (non-hydrogen) atoms. The lowest BCUT2D eigenvalue weighted by Gasteiger charge is -2.17. The van der Waals surface area contributed by atoms with Crippen LogP contribution in [0.4, 0.5) is 16.2 Å². The van der Waals surface area contributed by atoms with Crippen molar-refractivity contribution in [1.29, 1.82) is 0 Å². The molecule has 1 saturated heterocycles. The fraction of sp³-hybridized carbons (Fsp3) is 0.222. The van der Waals surface area contributed by atoms with Gasteiger partial charge in [-0.3, -0.25) is 9.69 Å². The van der Waals surface area contributed by atoms with Crippen molar-refractivity contribution in [3.63, 3.8) is 0 Å². The van der Waals surface area contributed by atoms with E-state index < -0.39 is 6.09 Å². The number of rotatable bonds is 5. The van der Waals surface area contributed by atoms with Crippen molar-refractivity contribution in [3.05, 3.63) is 54.1 Å². The molecule has 2 aromatic carbocycles. The van der Waals surface area contributed by atoms with Crippen LogP contribution in [0.25, 0.3) is 0 Å². The first-order valence-electron chi connectivity index (χ1n) is 7.63. The van der Waals surface area contributed by atoms with Gasteiger partial charge in [0.25, 0.3) is 0 Å². The van der Waals surface area contributed by atoms with Crippen molar-refractivity contribution in [2.45, 2.75) is 6.42 Å². The Labute approximate surface area is 140 Å². The number of amides is 2. The molecule has 3 rings (SSSR count). The minimum atomic E-state index is -0.396. The quantitative estimate of drug-likeness (QED) is 0.917. The van der Waals surface area contributed by atoms with Crippen LogP contribution in [-0.2, 0) is 16.0 Å². The predicted octanol–water partition coefficient (Wildman–Crippen LogP) is 2.83. The molecule has 124 valence electrons. The highest BCUT2D eigenvalue weighted by Crippen LogP contribution is 2.28. The number of anilines is 2. The molecule has 1 aliphatic heterocycles. The van der Waals surface area contributed by atoms with Gasteiger partial charge in [-0.2, -0.15) is 0 Å². The molecule has 2 aromatic rings. The largest absolute Gasteiger partial charge is 0.497 e. The summed E-state index contributed by atoms with van der Waals surface area (Å²) in [7, 11) is 1.60. The van der Waals surface area contributed by atoms with Crippen LogP contribution in [0.15, 0.2) is 48.5 Å². The van der Waals surface area contributed by atoms with E-state index >= 15 is 0 Å². The first-order valence-corrected chi connectivity index (χ1v) is 7.63. The lowest BCUT2D eigenvalue weighted by Crippen LogP contribution is -2.25. The normalized spacial score (nSPS) is 13.5. The topological polar surface area (TPSA) is 67.9 Å². The number of hydrogen-bond acceptors (Lipinski definition) is 4. The van der Waals surface area contributed by atoms with Crippen molar-refractivity contribution >= 4 is 23.4 Å². The Bertz CT molecular complexity index is 743. The summed E-state index contributed by atoms with van der Waals surface area (Å²) < 4.78 is 10.1. The summed E-state index contributed by atoms with van der Waals surface area (Å²) in [4.78, 5) is 25.6.